The van der Waals surface area contributed by atoms with E-state index in [2.05, 4.69) is 48.1 Å². The summed E-state index contributed by atoms with van der Waals surface area (Å²) in [5.41, 5.74) is 1.87. The zero-order valence-corrected chi connectivity index (χ0v) is 18.7. The average Bonchev–Trinajstić information content (AvgIpc) is 3.35. The molecule has 11 heteroatoms. The zero-order valence-electron chi connectivity index (χ0n) is 15.5. The van der Waals surface area contributed by atoms with Crippen molar-refractivity contribution >= 4 is 62.5 Å². The SMILES string of the molecule is FC(F)(F)c1cc(Br)c2nc(Nc3ccc(SC4=CC5=CNSN5C=C4)cc3)[nH]c2c1. The molecule has 0 bridgehead atoms. The molecule has 5 rings (SSSR count). The van der Waals surface area contributed by atoms with Gasteiger partial charge in [0.2, 0.25) is 5.95 Å². The van der Waals surface area contributed by atoms with E-state index in [1.165, 1.54) is 12.1 Å². The molecule has 0 saturated heterocycles. The quantitative estimate of drug-likeness (QED) is 0.323. The van der Waals surface area contributed by atoms with Crippen LogP contribution >= 0.6 is 39.8 Å². The van der Waals surface area contributed by atoms with Gasteiger partial charge in [-0.1, -0.05) is 11.8 Å². The molecule has 2 aliphatic heterocycles. The number of aromatic amines is 1. The molecule has 0 aliphatic carbocycles. The van der Waals surface area contributed by atoms with Crippen LogP contribution in [-0.2, 0) is 6.18 Å². The summed E-state index contributed by atoms with van der Waals surface area (Å²) >= 11 is 6.34. The second-order valence-electron chi connectivity index (χ2n) is 6.66. The van der Waals surface area contributed by atoms with Crippen molar-refractivity contribution in [2.45, 2.75) is 11.1 Å². The highest BCUT2D eigenvalue weighted by molar-refractivity contribution is 9.10. The Morgan fingerprint density at radius 2 is 1.97 bits per heavy atom. The fourth-order valence-corrected chi connectivity index (χ4v) is 5.08. The van der Waals surface area contributed by atoms with Crippen LogP contribution in [0.1, 0.15) is 5.56 Å². The van der Waals surface area contributed by atoms with E-state index < -0.39 is 11.7 Å². The summed E-state index contributed by atoms with van der Waals surface area (Å²) in [5, 5.41) is 3.11. The number of aromatic nitrogens is 2. The van der Waals surface area contributed by atoms with Crippen molar-refractivity contribution in [3.8, 4) is 0 Å². The number of halogens is 4. The minimum Gasteiger partial charge on any atom is -0.326 e. The van der Waals surface area contributed by atoms with Crippen LogP contribution in [0.15, 0.2) is 80.9 Å². The molecule has 0 fully saturated rings. The lowest BCUT2D eigenvalue weighted by Gasteiger charge is -2.17. The van der Waals surface area contributed by atoms with Crippen LogP contribution in [0.3, 0.4) is 0 Å². The first-order valence-corrected chi connectivity index (χ1v) is 11.4. The Morgan fingerprint density at radius 3 is 2.74 bits per heavy atom. The monoisotopic (exact) mass is 523 g/mol. The van der Waals surface area contributed by atoms with Crippen molar-refractivity contribution in [1.29, 1.82) is 0 Å². The number of anilines is 2. The van der Waals surface area contributed by atoms with Gasteiger partial charge in [0.05, 0.1) is 28.9 Å². The van der Waals surface area contributed by atoms with Crippen LogP contribution < -0.4 is 10.0 Å². The van der Waals surface area contributed by atoms with Gasteiger partial charge in [0.1, 0.15) is 5.52 Å². The number of nitrogens with one attached hydrogen (secondary N) is 3. The maximum atomic E-state index is 13.0. The smallest absolute Gasteiger partial charge is 0.326 e. The summed E-state index contributed by atoms with van der Waals surface area (Å²) < 4.78 is 44.5. The third-order valence-electron chi connectivity index (χ3n) is 4.50. The van der Waals surface area contributed by atoms with Gasteiger partial charge in [-0.3, -0.25) is 4.31 Å². The fraction of sp³-hybridized carbons (Fsp3) is 0.0500. The van der Waals surface area contributed by atoms with E-state index in [0.717, 1.165) is 33.3 Å². The molecule has 3 heterocycles. The number of nitrogens with zero attached hydrogens (tertiary/aromatic N) is 2. The Bertz CT molecular complexity index is 1250. The van der Waals surface area contributed by atoms with Crippen molar-refractivity contribution in [3.05, 3.63) is 81.6 Å². The van der Waals surface area contributed by atoms with E-state index in [4.69, 9.17) is 0 Å². The van der Waals surface area contributed by atoms with Gasteiger partial charge in [-0.2, -0.15) is 13.2 Å². The molecular formula is C20H13BrF3N5S2. The molecule has 2 aromatic carbocycles. The molecule has 5 nitrogen and oxygen atoms in total. The molecule has 0 atom stereocenters. The van der Waals surface area contributed by atoms with Gasteiger partial charge in [-0.15, -0.1) is 0 Å². The molecule has 0 amide bonds. The topological polar surface area (TPSA) is 56.0 Å². The number of benzene rings is 2. The van der Waals surface area contributed by atoms with Gasteiger partial charge in [-0.05, 0) is 64.5 Å². The van der Waals surface area contributed by atoms with Crippen LogP contribution in [0.2, 0.25) is 0 Å². The Balaban J connectivity index is 1.31. The number of fused-ring (bicyclic) bond motifs is 2. The van der Waals surface area contributed by atoms with Crippen LogP contribution in [0, 0.1) is 0 Å². The first-order chi connectivity index (χ1) is 14.8. The summed E-state index contributed by atoms with van der Waals surface area (Å²) in [6.45, 7) is 0. The largest absolute Gasteiger partial charge is 0.416 e. The molecule has 1 aromatic heterocycles. The first-order valence-electron chi connectivity index (χ1n) is 8.98. The van der Waals surface area contributed by atoms with Crippen LogP contribution in [-0.4, -0.2) is 14.3 Å². The predicted octanol–water partition coefficient (Wildman–Crippen LogP) is 6.90. The van der Waals surface area contributed by atoms with Crippen molar-refractivity contribution in [3.63, 3.8) is 0 Å². The number of alkyl halides is 3. The standard InChI is InChI=1S/C20H13BrF3N5S2/c21-16-7-11(20(22,23)24)8-17-18(16)28-19(27-17)26-12-1-3-14(4-2-12)30-15-5-6-29-13(9-15)10-25-31-29/h1-10,25H,(H2,26,27,28). The molecule has 0 radical (unpaired) electrons. The van der Waals surface area contributed by atoms with E-state index in [-0.39, 0.29) is 4.47 Å². The number of imidazole rings is 1. The molecule has 3 N–H and O–H groups in total. The Hall–Kier alpha value is -2.50. The van der Waals surface area contributed by atoms with E-state index in [9.17, 15) is 13.2 Å². The second kappa shape index (κ2) is 7.88. The molecule has 0 unspecified atom stereocenters. The summed E-state index contributed by atoms with van der Waals surface area (Å²) in [6, 6.07) is 9.84. The number of allylic oxidation sites excluding steroid dienone is 2. The maximum absolute atomic E-state index is 13.0. The van der Waals surface area contributed by atoms with Crippen molar-refractivity contribution in [1.82, 2.24) is 19.0 Å². The Labute approximate surface area is 192 Å². The first kappa shape index (κ1) is 20.4. The third kappa shape index (κ3) is 4.30. The Kier molecular flexibility index (Phi) is 5.19. The van der Waals surface area contributed by atoms with Gasteiger partial charge in [0.25, 0.3) is 0 Å². The van der Waals surface area contributed by atoms with E-state index in [1.807, 2.05) is 41.0 Å². The summed E-state index contributed by atoms with van der Waals surface area (Å²) in [7, 11) is 0. The van der Waals surface area contributed by atoms with Crippen molar-refractivity contribution < 1.29 is 13.2 Å². The van der Waals surface area contributed by atoms with Gasteiger partial charge in [-0.25, -0.2) is 4.98 Å². The fourth-order valence-electron chi connectivity index (χ4n) is 3.06. The average molecular weight is 524 g/mol. The normalized spacial score (nSPS) is 15.5. The highest BCUT2D eigenvalue weighted by Crippen LogP contribution is 2.37. The minimum absolute atomic E-state index is 0.284. The highest BCUT2D eigenvalue weighted by atomic mass is 79.9. The molecule has 0 saturated carbocycles. The lowest BCUT2D eigenvalue weighted by Crippen LogP contribution is -2.05. The lowest BCUT2D eigenvalue weighted by atomic mass is 10.2. The van der Waals surface area contributed by atoms with Crippen LogP contribution in [0.4, 0.5) is 24.8 Å². The number of H-pyrrole nitrogens is 1. The second-order valence-corrected chi connectivity index (χ2v) is 9.47. The van der Waals surface area contributed by atoms with Crippen LogP contribution in [0.25, 0.3) is 11.0 Å². The summed E-state index contributed by atoms with van der Waals surface area (Å²) in [5.74, 6) is 0.367. The Morgan fingerprint density at radius 1 is 1.16 bits per heavy atom. The third-order valence-corrected chi connectivity index (χ3v) is 6.85. The van der Waals surface area contributed by atoms with Crippen molar-refractivity contribution in [2.75, 3.05) is 5.32 Å². The number of hydrogen-bond acceptors (Lipinski definition) is 6. The number of hydrogen-bond donors (Lipinski definition) is 3. The zero-order chi connectivity index (χ0) is 21.6. The molecule has 31 heavy (non-hydrogen) atoms. The molecule has 0 spiro atoms. The minimum atomic E-state index is -4.42. The van der Waals surface area contributed by atoms with Gasteiger partial charge < -0.3 is 15.0 Å². The summed E-state index contributed by atoms with van der Waals surface area (Å²) in [4.78, 5) is 9.45. The van der Waals surface area contributed by atoms with Crippen molar-refractivity contribution in [2.24, 2.45) is 0 Å². The maximum Gasteiger partial charge on any atom is 0.416 e. The van der Waals surface area contributed by atoms with Gasteiger partial charge >= 0.3 is 6.18 Å². The van der Waals surface area contributed by atoms with E-state index in [0.29, 0.717) is 17.0 Å². The van der Waals surface area contributed by atoms with E-state index >= 15 is 0 Å². The predicted molar refractivity (Wildman–Crippen MR) is 122 cm³/mol. The number of rotatable bonds is 4. The molecular weight excluding hydrogens is 511 g/mol. The summed E-state index contributed by atoms with van der Waals surface area (Å²) in [6.07, 6.45) is 3.69. The number of thioether (sulfide) groups is 1. The molecule has 158 valence electrons. The van der Waals surface area contributed by atoms with Gasteiger partial charge in [0.15, 0.2) is 0 Å². The highest BCUT2D eigenvalue weighted by Gasteiger charge is 2.31. The van der Waals surface area contributed by atoms with Crippen LogP contribution in [0.5, 0.6) is 0 Å². The lowest BCUT2D eigenvalue weighted by molar-refractivity contribution is -0.137. The van der Waals surface area contributed by atoms with E-state index in [1.54, 1.807) is 11.8 Å². The van der Waals surface area contributed by atoms with Gasteiger partial charge in [0, 0.05) is 32.4 Å². The molecule has 2 aliphatic rings. The molecule has 3 aromatic rings.